The number of fused-ring (bicyclic) bond motifs is 2. The van der Waals surface area contributed by atoms with Crippen LogP contribution in [0.2, 0.25) is 5.02 Å². The second-order valence-electron chi connectivity index (χ2n) is 9.15. The number of hydrogen-bond acceptors (Lipinski definition) is 4. The lowest BCUT2D eigenvalue weighted by molar-refractivity contribution is -0.258. The number of amides is 3. The first-order valence-corrected chi connectivity index (χ1v) is 11.8. The third kappa shape index (κ3) is 4.48. The number of methoxy groups -OCH3 is 1. The minimum atomic E-state index is -5.22. The maximum atomic E-state index is 14.1. The maximum absolute atomic E-state index is 14.1. The summed E-state index contributed by atoms with van der Waals surface area (Å²) in [6, 6.07) is 6.76. The molecular weight excluding hydrogens is 549 g/mol. The van der Waals surface area contributed by atoms with E-state index in [1.807, 2.05) is 0 Å². The molecule has 0 saturated carbocycles. The van der Waals surface area contributed by atoms with Crippen molar-refractivity contribution < 1.29 is 41.4 Å². The van der Waals surface area contributed by atoms with E-state index in [1.165, 1.54) is 25.3 Å². The Bertz CT molecular complexity index is 1520. The van der Waals surface area contributed by atoms with Gasteiger partial charge in [-0.3, -0.25) is 9.69 Å². The van der Waals surface area contributed by atoms with E-state index < -0.39 is 53.5 Å². The van der Waals surface area contributed by atoms with Crippen molar-refractivity contribution in [3.63, 3.8) is 0 Å². The number of anilines is 2. The lowest BCUT2D eigenvalue weighted by Crippen LogP contribution is -2.48. The van der Waals surface area contributed by atoms with Crippen molar-refractivity contribution in [1.29, 1.82) is 0 Å². The number of rotatable bonds is 4. The fraction of sp³-hybridized carbons (Fsp3) is 0.231. The number of carbonyl (C=O) groups excluding carboxylic acids is 2. The van der Waals surface area contributed by atoms with Crippen LogP contribution in [0, 0.1) is 11.6 Å². The molecular formula is C26H19ClF5N3O4. The highest BCUT2D eigenvalue weighted by Gasteiger charge is 2.61. The molecule has 0 unspecified atom stereocenters. The molecule has 13 heteroatoms. The molecule has 0 bridgehead atoms. The van der Waals surface area contributed by atoms with Gasteiger partial charge >= 0.3 is 12.2 Å². The standard InChI is InChI=1S/C26H19ClF5N3O4/c1-39-10-12-6-16-21(22(34-23(16)36)15-8-13(28)2-4-18(15)27)19(7-12)33-24(37)35-11-25(38,26(30,31)32)17-9-14(29)3-5-20(17)35/h2-9,22,38H,10-11H2,1H3,(H,33,37)(H,34,36)/t22-,25-/m0/s1. The summed E-state index contributed by atoms with van der Waals surface area (Å²) in [5, 5.41) is 15.8. The molecule has 0 radical (unpaired) electrons. The van der Waals surface area contributed by atoms with Crippen LogP contribution in [-0.4, -0.2) is 36.9 Å². The van der Waals surface area contributed by atoms with Crippen LogP contribution in [0.1, 0.15) is 38.7 Å². The van der Waals surface area contributed by atoms with E-state index >= 15 is 0 Å². The van der Waals surface area contributed by atoms with Crippen molar-refractivity contribution >= 4 is 34.9 Å². The van der Waals surface area contributed by atoms with Crippen molar-refractivity contribution in [3.05, 3.63) is 93.0 Å². The topological polar surface area (TPSA) is 90.9 Å². The van der Waals surface area contributed by atoms with Gasteiger partial charge in [0, 0.05) is 40.1 Å². The molecule has 7 nitrogen and oxygen atoms in total. The summed E-state index contributed by atoms with van der Waals surface area (Å²) in [6.07, 6.45) is -5.22. The van der Waals surface area contributed by atoms with Crippen LogP contribution in [-0.2, 0) is 16.9 Å². The molecule has 3 N–H and O–H groups in total. The second-order valence-corrected chi connectivity index (χ2v) is 9.55. The Hall–Kier alpha value is -3.74. The molecule has 3 aromatic carbocycles. The molecule has 3 aromatic rings. The van der Waals surface area contributed by atoms with E-state index in [0.29, 0.717) is 16.5 Å². The van der Waals surface area contributed by atoms with Crippen molar-refractivity contribution in [1.82, 2.24) is 5.32 Å². The normalized spacial score (nSPS) is 20.1. The van der Waals surface area contributed by atoms with Crippen LogP contribution in [0.15, 0.2) is 48.5 Å². The molecule has 2 aliphatic heterocycles. The highest BCUT2D eigenvalue weighted by molar-refractivity contribution is 6.31. The monoisotopic (exact) mass is 567 g/mol. The number of benzene rings is 3. The SMILES string of the molecule is COCc1cc(NC(=O)N2C[C@@](O)(C(F)(F)F)c3cc(F)ccc32)c2c(c1)C(=O)N[C@H]2c1cc(F)ccc1Cl. The Labute approximate surface area is 223 Å². The zero-order valence-electron chi connectivity index (χ0n) is 20.0. The first-order valence-electron chi connectivity index (χ1n) is 11.4. The molecule has 0 aliphatic carbocycles. The number of carbonyl (C=O) groups is 2. The van der Waals surface area contributed by atoms with Gasteiger partial charge in [0.15, 0.2) is 0 Å². The number of nitrogens with one attached hydrogen (secondary N) is 2. The molecule has 204 valence electrons. The summed E-state index contributed by atoms with van der Waals surface area (Å²) >= 11 is 6.28. The highest BCUT2D eigenvalue weighted by atomic mass is 35.5. The molecule has 3 amide bonds. The number of halogens is 6. The first kappa shape index (κ1) is 26.9. The van der Waals surface area contributed by atoms with Gasteiger partial charge in [0.25, 0.3) is 5.91 Å². The molecule has 2 aliphatic rings. The van der Waals surface area contributed by atoms with Crippen molar-refractivity contribution in [2.75, 3.05) is 23.9 Å². The Kier molecular flexibility index (Phi) is 6.52. The van der Waals surface area contributed by atoms with Gasteiger partial charge in [0.05, 0.1) is 24.9 Å². The predicted molar refractivity (Wildman–Crippen MR) is 131 cm³/mol. The highest BCUT2D eigenvalue weighted by Crippen LogP contribution is 2.49. The van der Waals surface area contributed by atoms with Gasteiger partial charge in [-0.05, 0) is 54.1 Å². The molecule has 0 saturated heterocycles. The number of β-amino-alcohol motifs (C(OH)–C–C–N with tert-alkyl or cyclic N) is 1. The quantitative estimate of drug-likeness (QED) is 0.368. The fourth-order valence-electron chi connectivity index (χ4n) is 4.90. The zero-order chi connectivity index (χ0) is 28.3. The van der Waals surface area contributed by atoms with Crippen LogP contribution in [0.25, 0.3) is 0 Å². The Morgan fingerprint density at radius 3 is 2.56 bits per heavy atom. The summed E-state index contributed by atoms with van der Waals surface area (Å²) in [5.74, 6) is -2.22. The molecule has 2 heterocycles. The van der Waals surface area contributed by atoms with Gasteiger partial charge in [0.1, 0.15) is 11.6 Å². The third-order valence-corrected chi connectivity index (χ3v) is 7.01. The van der Waals surface area contributed by atoms with Gasteiger partial charge in [-0.15, -0.1) is 0 Å². The Morgan fingerprint density at radius 1 is 1.18 bits per heavy atom. The molecule has 0 spiro atoms. The Morgan fingerprint density at radius 2 is 1.87 bits per heavy atom. The van der Waals surface area contributed by atoms with E-state index in [0.717, 1.165) is 24.3 Å². The van der Waals surface area contributed by atoms with E-state index in [2.05, 4.69) is 10.6 Å². The van der Waals surface area contributed by atoms with E-state index in [-0.39, 0.29) is 39.7 Å². The summed E-state index contributed by atoms with van der Waals surface area (Å²) in [6.45, 7) is -1.22. The summed E-state index contributed by atoms with van der Waals surface area (Å²) < 4.78 is 74.6. The van der Waals surface area contributed by atoms with Crippen LogP contribution in [0.5, 0.6) is 0 Å². The van der Waals surface area contributed by atoms with Gasteiger partial charge in [-0.25, -0.2) is 13.6 Å². The molecule has 2 atom stereocenters. The van der Waals surface area contributed by atoms with E-state index in [4.69, 9.17) is 16.3 Å². The summed E-state index contributed by atoms with van der Waals surface area (Å²) in [7, 11) is 1.40. The van der Waals surface area contributed by atoms with Crippen LogP contribution in [0.3, 0.4) is 0 Å². The Balaban J connectivity index is 1.59. The largest absolute Gasteiger partial charge is 0.423 e. The number of urea groups is 1. The zero-order valence-corrected chi connectivity index (χ0v) is 20.8. The van der Waals surface area contributed by atoms with Crippen LogP contribution < -0.4 is 15.5 Å². The van der Waals surface area contributed by atoms with Crippen molar-refractivity contribution in [2.45, 2.75) is 24.4 Å². The number of alkyl halides is 3. The molecule has 0 aromatic heterocycles. The van der Waals surface area contributed by atoms with Crippen molar-refractivity contribution in [2.24, 2.45) is 0 Å². The number of nitrogens with zero attached hydrogens (tertiary/aromatic N) is 1. The summed E-state index contributed by atoms with van der Waals surface area (Å²) in [5.41, 5.74) is -3.72. The number of hydrogen-bond donors (Lipinski definition) is 3. The molecule has 5 rings (SSSR count). The third-order valence-electron chi connectivity index (χ3n) is 6.67. The average molecular weight is 568 g/mol. The first-order chi connectivity index (χ1) is 18.3. The number of aliphatic hydroxyl groups is 1. The van der Waals surface area contributed by atoms with Crippen molar-refractivity contribution in [3.8, 4) is 0 Å². The van der Waals surface area contributed by atoms with E-state index in [1.54, 1.807) is 0 Å². The van der Waals surface area contributed by atoms with Crippen LogP contribution >= 0.6 is 11.6 Å². The average Bonchev–Trinajstić information content (AvgIpc) is 3.36. The lowest BCUT2D eigenvalue weighted by atomic mass is 9.94. The molecule has 39 heavy (non-hydrogen) atoms. The van der Waals surface area contributed by atoms with Gasteiger partial charge in [-0.2, -0.15) is 13.2 Å². The lowest BCUT2D eigenvalue weighted by Gasteiger charge is -2.27. The number of ether oxygens (including phenoxy) is 1. The fourth-order valence-corrected chi connectivity index (χ4v) is 5.12. The summed E-state index contributed by atoms with van der Waals surface area (Å²) in [4.78, 5) is 26.9. The molecule has 0 fully saturated rings. The second kappa shape index (κ2) is 9.47. The van der Waals surface area contributed by atoms with Gasteiger partial charge in [-0.1, -0.05) is 11.6 Å². The minimum absolute atomic E-state index is 0.0133. The van der Waals surface area contributed by atoms with Crippen LogP contribution in [0.4, 0.5) is 38.1 Å². The predicted octanol–water partition coefficient (Wildman–Crippen LogP) is 5.40. The van der Waals surface area contributed by atoms with Gasteiger partial charge in [0.2, 0.25) is 5.60 Å². The maximum Gasteiger partial charge on any atom is 0.423 e. The van der Waals surface area contributed by atoms with E-state index in [9.17, 15) is 36.6 Å². The smallest absolute Gasteiger partial charge is 0.380 e. The van der Waals surface area contributed by atoms with Gasteiger partial charge < -0.3 is 20.5 Å². The minimum Gasteiger partial charge on any atom is -0.380 e.